The number of aromatic nitrogens is 1. The summed E-state index contributed by atoms with van der Waals surface area (Å²) in [6.07, 6.45) is 1.37. The summed E-state index contributed by atoms with van der Waals surface area (Å²) < 4.78 is 5.66. The molecule has 17 heavy (non-hydrogen) atoms. The van der Waals surface area contributed by atoms with Crippen molar-refractivity contribution in [2.24, 2.45) is 5.92 Å². The van der Waals surface area contributed by atoms with Gasteiger partial charge in [0.2, 0.25) is 0 Å². The second kappa shape index (κ2) is 7.80. The van der Waals surface area contributed by atoms with Crippen molar-refractivity contribution in [1.82, 2.24) is 10.3 Å². The highest BCUT2D eigenvalue weighted by Crippen LogP contribution is 2.12. The van der Waals surface area contributed by atoms with E-state index in [0.29, 0.717) is 18.6 Å². The molecule has 0 aliphatic carbocycles. The Morgan fingerprint density at radius 3 is 2.82 bits per heavy atom. The maximum atomic E-state index is 5.66. The molecule has 1 aromatic heterocycles. The Hall–Kier alpha value is -0.450. The molecule has 0 aromatic carbocycles. The zero-order valence-electron chi connectivity index (χ0n) is 11.3. The number of ether oxygens (including phenoxy) is 1. The molecule has 0 aliphatic heterocycles. The molecule has 1 unspecified atom stereocenters. The Balaban J connectivity index is 2.27. The van der Waals surface area contributed by atoms with Gasteiger partial charge < -0.3 is 10.1 Å². The van der Waals surface area contributed by atoms with Gasteiger partial charge in [-0.3, -0.25) is 0 Å². The molecular formula is C13H24N2OS. The third-order valence-electron chi connectivity index (χ3n) is 2.52. The summed E-state index contributed by atoms with van der Waals surface area (Å²) >= 11 is 1.71. The van der Waals surface area contributed by atoms with Gasteiger partial charge in [0.15, 0.2) is 0 Å². The summed E-state index contributed by atoms with van der Waals surface area (Å²) in [5, 5.41) is 6.64. The molecule has 0 radical (unpaired) electrons. The molecule has 1 N–H and O–H groups in total. The van der Waals surface area contributed by atoms with E-state index in [1.807, 2.05) is 0 Å². The van der Waals surface area contributed by atoms with Crippen molar-refractivity contribution in [1.29, 1.82) is 0 Å². The molecular weight excluding hydrogens is 232 g/mol. The first-order valence-corrected chi connectivity index (χ1v) is 7.25. The number of nitrogens with one attached hydrogen (secondary N) is 1. The lowest BCUT2D eigenvalue weighted by Gasteiger charge is -2.08. The minimum Gasteiger partial charge on any atom is -0.372 e. The molecule has 0 fully saturated rings. The smallest absolute Gasteiger partial charge is 0.107 e. The Morgan fingerprint density at radius 1 is 1.41 bits per heavy atom. The number of thiazole rings is 1. The van der Waals surface area contributed by atoms with Crippen molar-refractivity contribution in [3.05, 3.63) is 16.1 Å². The van der Waals surface area contributed by atoms with E-state index in [1.165, 1.54) is 0 Å². The van der Waals surface area contributed by atoms with E-state index in [4.69, 9.17) is 4.74 Å². The fourth-order valence-electron chi connectivity index (χ4n) is 1.31. The highest BCUT2D eigenvalue weighted by molar-refractivity contribution is 7.09. The maximum absolute atomic E-state index is 5.66. The van der Waals surface area contributed by atoms with Gasteiger partial charge in [0, 0.05) is 11.9 Å². The number of hydrogen-bond donors (Lipinski definition) is 1. The fourth-order valence-corrected chi connectivity index (χ4v) is 2.06. The van der Waals surface area contributed by atoms with E-state index in [-0.39, 0.29) is 0 Å². The van der Waals surface area contributed by atoms with Crippen molar-refractivity contribution in [2.75, 3.05) is 6.54 Å². The van der Waals surface area contributed by atoms with Gasteiger partial charge in [0.1, 0.15) is 5.01 Å². The van der Waals surface area contributed by atoms with Gasteiger partial charge in [-0.25, -0.2) is 4.98 Å². The van der Waals surface area contributed by atoms with Crippen LogP contribution in [0.3, 0.4) is 0 Å². The van der Waals surface area contributed by atoms with E-state index < -0.39 is 0 Å². The first-order chi connectivity index (χ1) is 8.11. The normalized spacial score (nSPS) is 13.2. The van der Waals surface area contributed by atoms with E-state index in [9.17, 15) is 0 Å². The van der Waals surface area contributed by atoms with Gasteiger partial charge >= 0.3 is 0 Å². The van der Waals surface area contributed by atoms with Crippen LogP contribution in [0.1, 0.15) is 44.8 Å². The van der Waals surface area contributed by atoms with Crippen LogP contribution in [0.25, 0.3) is 0 Å². The molecule has 0 bridgehead atoms. The van der Waals surface area contributed by atoms with Crippen molar-refractivity contribution in [3.8, 4) is 0 Å². The van der Waals surface area contributed by atoms with Gasteiger partial charge in [0.25, 0.3) is 0 Å². The van der Waals surface area contributed by atoms with Crippen LogP contribution in [0.5, 0.6) is 0 Å². The highest BCUT2D eigenvalue weighted by Gasteiger charge is 2.04. The third-order valence-corrected chi connectivity index (χ3v) is 3.42. The minimum atomic E-state index is 0.319. The van der Waals surface area contributed by atoms with Crippen molar-refractivity contribution in [3.63, 3.8) is 0 Å². The summed E-state index contributed by atoms with van der Waals surface area (Å²) in [6, 6.07) is 0. The van der Waals surface area contributed by atoms with Crippen molar-refractivity contribution in [2.45, 2.75) is 53.4 Å². The van der Waals surface area contributed by atoms with Crippen LogP contribution >= 0.6 is 11.3 Å². The second-order valence-electron chi connectivity index (χ2n) is 4.79. The number of nitrogens with zero attached hydrogens (tertiary/aromatic N) is 1. The molecule has 0 aliphatic rings. The monoisotopic (exact) mass is 256 g/mol. The van der Waals surface area contributed by atoms with Crippen molar-refractivity contribution >= 4 is 11.3 Å². The molecule has 0 saturated heterocycles. The Labute approximate surface area is 109 Å². The van der Waals surface area contributed by atoms with E-state index in [1.54, 1.807) is 11.3 Å². The molecule has 3 nitrogen and oxygen atoms in total. The van der Waals surface area contributed by atoms with E-state index >= 15 is 0 Å². The Bertz CT molecular complexity index is 312. The van der Waals surface area contributed by atoms with Crippen LogP contribution in [0.4, 0.5) is 0 Å². The molecule has 1 aromatic rings. The number of hydrogen-bond acceptors (Lipinski definition) is 4. The minimum absolute atomic E-state index is 0.319. The van der Waals surface area contributed by atoms with E-state index in [0.717, 1.165) is 30.2 Å². The van der Waals surface area contributed by atoms with Gasteiger partial charge in [-0.2, -0.15) is 0 Å². The van der Waals surface area contributed by atoms with Gasteiger partial charge in [0.05, 0.1) is 18.4 Å². The summed E-state index contributed by atoms with van der Waals surface area (Å²) in [6.45, 7) is 11.2. The number of rotatable bonds is 8. The summed E-state index contributed by atoms with van der Waals surface area (Å²) in [7, 11) is 0. The lowest BCUT2D eigenvalue weighted by Crippen LogP contribution is -2.18. The van der Waals surface area contributed by atoms with Gasteiger partial charge in [-0.15, -0.1) is 11.3 Å². The van der Waals surface area contributed by atoms with Gasteiger partial charge in [-0.1, -0.05) is 20.8 Å². The molecule has 1 atom stereocenters. The lowest BCUT2D eigenvalue weighted by atomic mass is 10.2. The van der Waals surface area contributed by atoms with Crippen LogP contribution in [0.2, 0.25) is 0 Å². The van der Waals surface area contributed by atoms with Gasteiger partial charge in [-0.05, 0) is 25.8 Å². The van der Waals surface area contributed by atoms with Crippen LogP contribution in [0, 0.1) is 5.92 Å². The third kappa shape index (κ3) is 6.15. The molecule has 4 heteroatoms. The standard InChI is InChI=1S/C13H24N2OS/c1-5-11(4)16-8-12-9-17-13(15-12)7-14-6-10(2)3/h9-11,14H,5-8H2,1-4H3. The fraction of sp³-hybridized carbons (Fsp3) is 0.769. The largest absolute Gasteiger partial charge is 0.372 e. The lowest BCUT2D eigenvalue weighted by molar-refractivity contribution is 0.0491. The summed E-state index contributed by atoms with van der Waals surface area (Å²) in [5.41, 5.74) is 1.05. The molecule has 98 valence electrons. The molecule has 0 spiro atoms. The first-order valence-electron chi connectivity index (χ1n) is 6.37. The summed E-state index contributed by atoms with van der Waals surface area (Å²) in [5.74, 6) is 0.683. The van der Waals surface area contributed by atoms with Crippen molar-refractivity contribution < 1.29 is 4.74 Å². The summed E-state index contributed by atoms with van der Waals surface area (Å²) in [4.78, 5) is 4.54. The quantitative estimate of drug-likeness (QED) is 0.775. The predicted molar refractivity (Wildman–Crippen MR) is 73.2 cm³/mol. The van der Waals surface area contributed by atoms with Crippen LogP contribution in [-0.2, 0) is 17.9 Å². The topological polar surface area (TPSA) is 34.1 Å². The SMILES string of the molecule is CCC(C)OCc1csc(CNCC(C)C)n1. The average molecular weight is 256 g/mol. The Kier molecular flexibility index (Phi) is 6.70. The molecule has 0 amide bonds. The highest BCUT2D eigenvalue weighted by atomic mass is 32.1. The van der Waals surface area contributed by atoms with Crippen LogP contribution in [-0.4, -0.2) is 17.6 Å². The second-order valence-corrected chi connectivity index (χ2v) is 5.73. The molecule has 1 heterocycles. The zero-order chi connectivity index (χ0) is 12.7. The predicted octanol–water partition coefficient (Wildman–Crippen LogP) is 3.20. The van der Waals surface area contributed by atoms with Crippen LogP contribution in [0.15, 0.2) is 5.38 Å². The maximum Gasteiger partial charge on any atom is 0.107 e. The zero-order valence-corrected chi connectivity index (χ0v) is 12.1. The average Bonchev–Trinajstić information content (AvgIpc) is 2.73. The van der Waals surface area contributed by atoms with Crippen LogP contribution < -0.4 is 5.32 Å². The Morgan fingerprint density at radius 2 is 2.18 bits per heavy atom. The van der Waals surface area contributed by atoms with E-state index in [2.05, 4.69) is 43.4 Å². The molecule has 1 rings (SSSR count). The first kappa shape index (κ1) is 14.6. The molecule has 0 saturated carbocycles.